The lowest BCUT2D eigenvalue weighted by Crippen LogP contribution is -2.59. The van der Waals surface area contributed by atoms with Crippen molar-refractivity contribution in [1.29, 1.82) is 0 Å². The summed E-state index contributed by atoms with van der Waals surface area (Å²) in [7, 11) is 1.51. The number of aliphatic hydroxyl groups is 1. The third kappa shape index (κ3) is 6.12. The summed E-state index contributed by atoms with van der Waals surface area (Å²) in [6, 6.07) is 6.61. The molecule has 2 N–H and O–H groups in total. The molecule has 1 unspecified atom stereocenters. The van der Waals surface area contributed by atoms with Crippen LogP contribution < -0.4 is 5.32 Å². The highest BCUT2D eigenvalue weighted by Gasteiger charge is 2.72. The summed E-state index contributed by atoms with van der Waals surface area (Å²) >= 11 is 0. The molecule has 2 saturated heterocycles. The van der Waals surface area contributed by atoms with Crippen molar-refractivity contribution in [2.24, 2.45) is 11.8 Å². The molecule has 250 valence electrons. The Bertz CT molecular complexity index is 1330. The summed E-state index contributed by atoms with van der Waals surface area (Å²) in [5.74, 6) is -3.74. The van der Waals surface area contributed by atoms with E-state index in [0.717, 1.165) is 12.8 Å². The third-order valence-electron chi connectivity index (χ3n) is 9.84. The molecule has 0 aliphatic carbocycles. The van der Waals surface area contributed by atoms with E-state index in [1.165, 1.54) is 12.0 Å². The van der Waals surface area contributed by atoms with Crippen LogP contribution in [0.25, 0.3) is 0 Å². The maximum absolute atomic E-state index is 14.6. The first-order valence-corrected chi connectivity index (χ1v) is 16.5. The smallest absolute Gasteiger partial charge is 0.313 e. The van der Waals surface area contributed by atoms with Crippen molar-refractivity contribution in [2.75, 3.05) is 26.9 Å². The number of nitrogens with one attached hydrogen (secondary N) is 1. The molecule has 1 aromatic rings. The lowest BCUT2D eigenvalue weighted by molar-refractivity contribution is -0.163. The van der Waals surface area contributed by atoms with Crippen LogP contribution in [0.1, 0.15) is 64.5 Å². The average Bonchev–Trinajstić information content (AvgIpc) is 3.43. The van der Waals surface area contributed by atoms with Crippen LogP contribution in [0.4, 0.5) is 0 Å². The number of nitrogens with zero attached hydrogens (tertiary/aromatic N) is 2. The van der Waals surface area contributed by atoms with E-state index >= 15 is 0 Å². The Kier molecular flexibility index (Phi) is 10.6. The number of hydrogen-bond donors (Lipinski definition) is 2. The molecule has 2 fully saturated rings. The zero-order chi connectivity index (χ0) is 33.0. The van der Waals surface area contributed by atoms with Crippen LogP contribution >= 0.6 is 0 Å². The summed E-state index contributed by atoms with van der Waals surface area (Å²) in [5, 5.41) is 13.4. The SMILES string of the molecule is CCCC(C)N1CC=C[C@]23O[C@@H]4/C=C\CCC(=O)N[C@H](COC)[C@@H](c5ccccc5)OC(=O)[C@@H]4[C@H]2C(=O)N([C@@H](CC)CO)[C@@H]3C1=O. The minimum Gasteiger partial charge on any atom is -0.455 e. The molecule has 5 rings (SSSR count). The Morgan fingerprint density at radius 1 is 1.11 bits per heavy atom. The summed E-state index contributed by atoms with van der Waals surface area (Å²) < 4.78 is 18.5. The van der Waals surface area contributed by atoms with Crippen LogP contribution in [0, 0.1) is 11.8 Å². The average molecular weight is 638 g/mol. The lowest BCUT2D eigenvalue weighted by atomic mass is 9.77. The van der Waals surface area contributed by atoms with Crippen molar-refractivity contribution < 1.29 is 38.5 Å². The number of benzene rings is 1. The number of carbonyl (C=O) groups is 4. The van der Waals surface area contributed by atoms with Crippen molar-refractivity contribution >= 4 is 23.7 Å². The molecule has 0 aromatic heterocycles. The van der Waals surface area contributed by atoms with Gasteiger partial charge in [0, 0.05) is 26.1 Å². The minimum atomic E-state index is -1.46. The second-order valence-electron chi connectivity index (χ2n) is 12.7. The van der Waals surface area contributed by atoms with E-state index in [2.05, 4.69) is 12.2 Å². The number of hydrogen-bond acceptors (Lipinski definition) is 8. The molecule has 4 aliphatic heterocycles. The van der Waals surface area contributed by atoms with Crippen LogP contribution in [-0.4, -0.2) is 101 Å². The van der Waals surface area contributed by atoms with Gasteiger partial charge in [-0.1, -0.05) is 74.9 Å². The van der Waals surface area contributed by atoms with Crippen LogP contribution in [0.5, 0.6) is 0 Å². The molecule has 4 aliphatic rings. The van der Waals surface area contributed by atoms with Gasteiger partial charge < -0.3 is 34.4 Å². The van der Waals surface area contributed by atoms with Crippen molar-refractivity contribution in [3.05, 3.63) is 60.2 Å². The predicted octanol–water partition coefficient (Wildman–Crippen LogP) is 2.69. The number of rotatable bonds is 9. The number of likely N-dealkylation sites (tertiary alicyclic amines) is 1. The van der Waals surface area contributed by atoms with E-state index in [1.807, 2.05) is 50.3 Å². The van der Waals surface area contributed by atoms with Crippen LogP contribution in [-0.2, 0) is 33.4 Å². The van der Waals surface area contributed by atoms with E-state index in [9.17, 15) is 24.3 Å². The molecule has 9 atom stereocenters. The highest BCUT2D eigenvalue weighted by atomic mass is 16.6. The van der Waals surface area contributed by atoms with E-state index in [0.29, 0.717) is 24.9 Å². The maximum atomic E-state index is 14.6. The summed E-state index contributed by atoms with van der Waals surface area (Å²) in [6.45, 7) is 5.99. The number of esters is 1. The number of fused-ring (bicyclic) bond motifs is 2. The highest BCUT2D eigenvalue weighted by molar-refractivity contribution is 5.99. The van der Waals surface area contributed by atoms with Crippen molar-refractivity contribution in [3.8, 4) is 0 Å². The summed E-state index contributed by atoms with van der Waals surface area (Å²) in [4.78, 5) is 59.8. The monoisotopic (exact) mass is 637 g/mol. The Morgan fingerprint density at radius 3 is 2.54 bits per heavy atom. The molecule has 1 aromatic carbocycles. The Morgan fingerprint density at radius 2 is 1.87 bits per heavy atom. The molecule has 11 nitrogen and oxygen atoms in total. The van der Waals surface area contributed by atoms with Crippen molar-refractivity contribution in [3.63, 3.8) is 0 Å². The lowest BCUT2D eigenvalue weighted by Gasteiger charge is -2.39. The van der Waals surface area contributed by atoms with Gasteiger partial charge in [0.05, 0.1) is 37.3 Å². The number of methoxy groups -OCH3 is 1. The zero-order valence-electron chi connectivity index (χ0n) is 27.2. The molecular weight excluding hydrogens is 590 g/mol. The number of cyclic esters (lactones) is 1. The Balaban J connectivity index is 1.62. The first-order valence-electron chi connectivity index (χ1n) is 16.5. The fourth-order valence-corrected chi connectivity index (χ4v) is 7.62. The van der Waals surface area contributed by atoms with Gasteiger partial charge >= 0.3 is 5.97 Å². The van der Waals surface area contributed by atoms with Gasteiger partial charge in [-0.3, -0.25) is 19.2 Å². The molecule has 4 heterocycles. The van der Waals surface area contributed by atoms with E-state index in [-0.39, 0.29) is 37.5 Å². The second-order valence-corrected chi connectivity index (χ2v) is 12.7. The van der Waals surface area contributed by atoms with Gasteiger partial charge in [0.2, 0.25) is 17.7 Å². The predicted molar refractivity (Wildman–Crippen MR) is 169 cm³/mol. The zero-order valence-corrected chi connectivity index (χ0v) is 27.2. The van der Waals surface area contributed by atoms with Crippen LogP contribution in [0.15, 0.2) is 54.6 Å². The van der Waals surface area contributed by atoms with E-state index in [1.54, 1.807) is 23.1 Å². The molecule has 11 heteroatoms. The van der Waals surface area contributed by atoms with Gasteiger partial charge in [-0.05, 0) is 31.7 Å². The molecular formula is C35H47N3O8. The quantitative estimate of drug-likeness (QED) is 0.312. The fourth-order valence-electron chi connectivity index (χ4n) is 7.62. The second kappa shape index (κ2) is 14.5. The van der Waals surface area contributed by atoms with Crippen LogP contribution in [0.2, 0.25) is 0 Å². The van der Waals surface area contributed by atoms with Crippen LogP contribution in [0.3, 0.4) is 0 Å². The van der Waals surface area contributed by atoms with E-state index < -0.39 is 59.6 Å². The van der Waals surface area contributed by atoms with Crippen molar-refractivity contribution in [1.82, 2.24) is 15.1 Å². The molecule has 0 bridgehead atoms. The highest BCUT2D eigenvalue weighted by Crippen LogP contribution is 2.54. The molecule has 0 radical (unpaired) electrons. The van der Waals surface area contributed by atoms with Gasteiger partial charge in [-0.25, -0.2) is 0 Å². The number of allylic oxidation sites excluding steroid dienone is 1. The number of ether oxygens (including phenoxy) is 3. The molecule has 1 spiro atoms. The first kappa shape index (κ1) is 33.8. The van der Waals surface area contributed by atoms with Crippen molar-refractivity contribution in [2.45, 2.75) is 94.9 Å². The summed E-state index contributed by atoms with van der Waals surface area (Å²) in [6.07, 6.45) is 7.98. The van der Waals surface area contributed by atoms with Gasteiger partial charge in [0.25, 0.3) is 0 Å². The number of aliphatic hydroxyl groups excluding tert-OH is 1. The number of amides is 3. The Labute approximate surface area is 270 Å². The largest absolute Gasteiger partial charge is 0.455 e. The summed E-state index contributed by atoms with van der Waals surface area (Å²) in [5.41, 5.74) is -0.803. The maximum Gasteiger partial charge on any atom is 0.313 e. The van der Waals surface area contributed by atoms with Gasteiger partial charge in [-0.15, -0.1) is 0 Å². The fraction of sp³-hybridized carbons (Fsp3) is 0.600. The number of carbonyl (C=O) groups excluding carboxylic acids is 4. The standard InChI is InChI=1S/C35H47N3O8/c1-5-13-22(3)37-19-12-18-35-29(32(41)38(24(6-2)20-39)31(35)33(37)42)28-26(46-35)16-10-11-17-27(40)36-25(21-44-4)30(45-34(28)43)23-14-8-7-9-15-23/h7-10,12,14-16,18,22,24-26,28-31,39H,5-6,11,13,17,19-21H2,1-4H3,(H,36,40)/b16-10-/t22?,24-,25+,26+,28-,29-,30+,31+,35-/m0/s1. The van der Waals surface area contributed by atoms with Gasteiger partial charge in [0.1, 0.15) is 23.7 Å². The van der Waals surface area contributed by atoms with Gasteiger partial charge in [-0.2, -0.15) is 0 Å². The topological polar surface area (TPSA) is 135 Å². The minimum absolute atomic E-state index is 0.0822. The third-order valence-corrected chi connectivity index (χ3v) is 9.84. The van der Waals surface area contributed by atoms with Gasteiger partial charge in [0.15, 0.2) is 0 Å². The van der Waals surface area contributed by atoms with E-state index in [4.69, 9.17) is 14.2 Å². The Hall–Kier alpha value is -3.54. The molecule has 0 saturated carbocycles. The molecule has 3 amide bonds. The molecule has 46 heavy (non-hydrogen) atoms. The first-order chi connectivity index (χ1) is 22.2. The normalized spacial score (nSPS) is 33.5.